The number of halogens is 1. The van der Waals surface area contributed by atoms with Crippen molar-refractivity contribution in [3.05, 3.63) is 99.4 Å². The van der Waals surface area contributed by atoms with Crippen molar-refractivity contribution in [1.29, 1.82) is 0 Å². The van der Waals surface area contributed by atoms with E-state index >= 15 is 0 Å². The maximum Gasteiger partial charge on any atom is 0.338 e. The Morgan fingerprint density at radius 3 is 2.44 bits per heavy atom. The van der Waals surface area contributed by atoms with Crippen LogP contribution in [0, 0.1) is 6.92 Å². The Labute approximate surface area is 267 Å². The molecule has 0 atom stereocenters. The van der Waals surface area contributed by atoms with Gasteiger partial charge in [0.05, 0.1) is 29.1 Å². The molecule has 0 aliphatic carbocycles. The van der Waals surface area contributed by atoms with Crippen LogP contribution < -0.4 is 16.2 Å². The molecular weight excluding hydrogens is 618 g/mol. The second-order valence-corrected chi connectivity index (χ2v) is 10.7. The topological polar surface area (TPSA) is 144 Å². The third-order valence-corrected chi connectivity index (χ3v) is 7.40. The number of nitrogens with one attached hydrogen (secondary N) is 2. The van der Waals surface area contributed by atoms with Crippen LogP contribution in [0.4, 0.5) is 17.1 Å². The molecule has 0 radical (unpaired) electrons. The van der Waals surface area contributed by atoms with Crippen molar-refractivity contribution in [3.63, 3.8) is 0 Å². The Morgan fingerprint density at radius 2 is 1.76 bits per heavy atom. The van der Waals surface area contributed by atoms with Gasteiger partial charge in [-0.05, 0) is 80.7 Å². The van der Waals surface area contributed by atoms with Crippen LogP contribution in [0.25, 0.3) is 16.6 Å². The van der Waals surface area contributed by atoms with Crippen LogP contribution in [-0.2, 0) is 23.1 Å². The number of benzene rings is 3. The molecule has 2 heterocycles. The van der Waals surface area contributed by atoms with Crippen molar-refractivity contribution < 1.29 is 19.4 Å². The number of ether oxygens (including phenoxy) is 1. The van der Waals surface area contributed by atoms with Gasteiger partial charge >= 0.3 is 5.97 Å². The minimum atomic E-state index is -0.461. The minimum Gasteiger partial charge on any atom is -0.493 e. The summed E-state index contributed by atoms with van der Waals surface area (Å²) in [5, 5.41) is 25.6. The summed E-state index contributed by atoms with van der Waals surface area (Å²) in [4.78, 5) is 38.1. The first-order valence-electron chi connectivity index (χ1n) is 13.7. The highest BCUT2D eigenvalue weighted by Gasteiger charge is 2.21. The molecule has 0 unspecified atom stereocenters. The standard InChI is InChI=1S/C31H28ClN7O5S/c1-4-44-30(43)19-10-13-21(14-11-19)33-25(40)17-38-24-15-12-20(32)16-23(24)27(28(38)41)35-36-31(45)34-26-18(2)37(3)39(29(26)42)22-8-6-5-7-9-22/h5-16,41H,4,17H2,1-3H3,(H,33,40)(H,34,45). The number of fused-ring (bicyclic) bond motifs is 1. The minimum absolute atomic E-state index is 0.0368. The van der Waals surface area contributed by atoms with E-state index in [1.165, 1.54) is 9.25 Å². The van der Waals surface area contributed by atoms with Crippen molar-refractivity contribution in [2.24, 2.45) is 17.3 Å². The molecule has 5 aromatic rings. The Morgan fingerprint density at radius 1 is 1.04 bits per heavy atom. The number of rotatable bonds is 8. The smallest absolute Gasteiger partial charge is 0.338 e. The highest BCUT2D eigenvalue weighted by Crippen LogP contribution is 2.40. The molecule has 230 valence electrons. The number of carbonyl (C=O) groups is 2. The number of carbonyl (C=O) groups excluding carboxylic acids is 2. The van der Waals surface area contributed by atoms with Gasteiger partial charge in [-0.1, -0.05) is 29.8 Å². The summed E-state index contributed by atoms with van der Waals surface area (Å²) in [6, 6.07) is 20.2. The number of thiocarbonyl (C=S) groups is 1. The highest BCUT2D eigenvalue weighted by molar-refractivity contribution is 7.80. The number of hydrogen-bond acceptors (Lipinski definition) is 7. The first-order valence-corrected chi connectivity index (χ1v) is 14.5. The van der Waals surface area contributed by atoms with Crippen molar-refractivity contribution in [1.82, 2.24) is 13.9 Å². The van der Waals surface area contributed by atoms with Crippen LogP contribution in [0.5, 0.6) is 5.88 Å². The zero-order valence-corrected chi connectivity index (χ0v) is 26.0. The fraction of sp³-hybridized carbons (Fsp3) is 0.161. The molecule has 3 aromatic carbocycles. The predicted octanol–water partition coefficient (Wildman–Crippen LogP) is 6.09. The maximum atomic E-state index is 13.2. The van der Waals surface area contributed by atoms with E-state index in [-0.39, 0.29) is 41.1 Å². The number of amides is 1. The average molecular weight is 646 g/mol. The molecule has 12 nitrogen and oxygen atoms in total. The summed E-state index contributed by atoms with van der Waals surface area (Å²) in [5.74, 6) is -1.25. The molecular formula is C31H28ClN7O5S. The predicted molar refractivity (Wildman–Crippen MR) is 176 cm³/mol. The molecule has 0 spiro atoms. The number of aromatic nitrogens is 3. The van der Waals surface area contributed by atoms with Crippen LogP contribution in [0.1, 0.15) is 23.0 Å². The molecule has 0 saturated heterocycles. The summed E-state index contributed by atoms with van der Waals surface area (Å²) < 4.78 is 9.53. The Bertz CT molecular complexity index is 2010. The fourth-order valence-corrected chi connectivity index (χ4v) is 5.06. The van der Waals surface area contributed by atoms with Crippen molar-refractivity contribution in [2.45, 2.75) is 20.4 Å². The van der Waals surface area contributed by atoms with E-state index in [4.69, 9.17) is 28.6 Å². The van der Waals surface area contributed by atoms with Gasteiger partial charge in [0.15, 0.2) is 5.69 Å². The average Bonchev–Trinajstić information content (AvgIpc) is 3.39. The Kier molecular flexibility index (Phi) is 9.11. The molecule has 45 heavy (non-hydrogen) atoms. The van der Waals surface area contributed by atoms with Gasteiger partial charge in [-0.15, -0.1) is 10.2 Å². The van der Waals surface area contributed by atoms with Crippen LogP contribution >= 0.6 is 23.8 Å². The summed E-state index contributed by atoms with van der Waals surface area (Å²) in [7, 11) is 1.75. The van der Waals surface area contributed by atoms with Gasteiger partial charge in [0, 0.05) is 23.1 Å². The summed E-state index contributed by atoms with van der Waals surface area (Å²) in [6.07, 6.45) is 0. The number of para-hydroxylation sites is 1. The lowest BCUT2D eigenvalue weighted by Crippen LogP contribution is -2.21. The first-order chi connectivity index (χ1) is 21.6. The van der Waals surface area contributed by atoms with Crippen LogP contribution in [-0.4, -0.2) is 42.6 Å². The number of azo groups is 1. The molecule has 1 amide bonds. The molecule has 3 N–H and O–H groups in total. The van der Waals surface area contributed by atoms with E-state index in [2.05, 4.69) is 20.9 Å². The van der Waals surface area contributed by atoms with Gasteiger partial charge < -0.3 is 25.0 Å². The normalized spacial score (nSPS) is 11.2. The zero-order chi connectivity index (χ0) is 32.2. The van der Waals surface area contributed by atoms with E-state index in [9.17, 15) is 19.5 Å². The Hall–Kier alpha value is -5.27. The summed E-state index contributed by atoms with van der Waals surface area (Å²) in [6.45, 7) is 3.46. The summed E-state index contributed by atoms with van der Waals surface area (Å²) in [5.41, 5.74) is 2.52. The lowest BCUT2D eigenvalue weighted by Gasteiger charge is -2.09. The zero-order valence-electron chi connectivity index (χ0n) is 24.4. The molecule has 5 rings (SSSR count). The number of nitrogens with zero attached hydrogens (tertiary/aromatic N) is 5. The van der Waals surface area contributed by atoms with Gasteiger partial charge in [0.25, 0.3) is 5.56 Å². The van der Waals surface area contributed by atoms with Gasteiger partial charge in [-0.2, -0.15) is 0 Å². The highest BCUT2D eigenvalue weighted by atomic mass is 35.5. The van der Waals surface area contributed by atoms with Crippen LogP contribution in [0.15, 0.2) is 87.8 Å². The lowest BCUT2D eigenvalue weighted by atomic mass is 10.2. The molecule has 0 bridgehead atoms. The monoisotopic (exact) mass is 645 g/mol. The lowest BCUT2D eigenvalue weighted by molar-refractivity contribution is -0.116. The Balaban J connectivity index is 1.37. The molecule has 0 aliphatic rings. The van der Waals surface area contributed by atoms with E-state index in [0.717, 1.165) is 0 Å². The van der Waals surface area contributed by atoms with Crippen molar-refractivity contribution in [2.75, 3.05) is 17.2 Å². The van der Waals surface area contributed by atoms with Crippen LogP contribution in [0.2, 0.25) is 5.02 Å². The molecule has 0 saturated carbocycles. The van der Waals surface area contributed by atoms with E-state index in [1.807, 2.05) is 30.3 Å². The fourth-order valence-electron chi connectivity index (χ4n) is 4.74. The van der Waals surface area contributed by atoms with Crippen LogP contribution in [0.3, 0.4) is 0 Å². The number of hydrogen-bond donors (Lipinski definition) is 3. The van der Waals surface area contributed by atoms with E-state index in [0.29, 0.717) is 38.6 Å². The third kappa shape index (κ3) is 6.49. The third-order valence-electron chi connectivity index (χ3n) is 6.98. The number of aromatic hydroxyl groups is 1. The number of anilines is 2. The molecule has 14 heteroatoms. The van der Waals surface area contributed by atoms with Crippen molar-refractivity contribution in [3.8, 4) is 11.6 Å². The van der Waals surface area contributed by atoms with Gasteiger partial charge in [-0.25, -0.2) is 9.48 Å². The van der Waals surface area contributed by atoms with Gasteiger partial charge in [0.1, 0.15) is 12.2 Å². The second-order valence-electron chi connectivity index (χ2n) is 9.83. The van der Waals surface area contributed by atoms with Crippen molar-refractivity contribution >= 4 is 68.8 Å². The molecule has 0 fully saturated rings. The quantitative estimate of drug-likeness (QED) is 0.105. The SMILES string of the molecule is CCOC(=O)c1ccc(NC(=O)Cn2c(O)c(N=NC(=S)Nc3c(C)n(C)n(-c4ccccc4)c3=O)c3cc(Cl)ccc32)cc1. The van der Waals surface area contributed by atoms with E-state index < -0.39 is 11.9 Å². The largest absolute Gasteiger partial charge is 0.493 e. The van der Waals surface area contributed by atoms with Gasteiger partial charge in [-0.3, -0.25) is 14.3 Å². The molecule has 0 aliphatic heterocycles. The van der Waals surface area contributed by atoms with Gasteiger partial charge in [0.2, 0.25) is 16.9 Å². The molecule has 2 aromatic heterocycles. The second kappa shape index (κ2) is 13.2. The first kappa shape index (κ1) is 31.2. The number of esters is 1. The maximum absolute atomic E-state index is 13.2. The van der Waals surface area contributed by atoms with E-state index in [1.54, 1.807) is 68.0 Å². The summed E-state index contributed by atoms with van der Waals surface area (Å²) >= 11 is 11.6.